The predicted molar refractivity (Wildman–Crippen MR) is 67.5 cm³/mol. The maximum absolute atomic E-state index is 5.60. The highest BCUT2D eigenvalue weighted by molar-refractivity contribution is 5.38. The van der Waals surface area contributed by atoms with E-state index in [-0.39, 0.29) is 0 Å². The Morgan fingerprint density at radius 2 is 1.82 bits per heavy atom. The molecular weight excluding hydrogens is 218 g/mol. The van der Waals surface area contributed by atoms with E-state index in [0.717, 1.165) is 30.1 Å². The van der Waals surface area contributed by atoms with Gasteiger partial charge < -0.3 is 19.9 Å². The van der Waals surface area contributed by atoms with E-state index in [0.29, 0.717) is 19.8 Å². The highest BCUT2D eigenvalue weighted by Gasteiger charge is 2.01. The van der Waals surface area contributed by atoms with Crippen LogP contribution in [0, 0.1) is 0 Å². The van der Waals surface area contributed by atoms with Crippen molar-refractivity contribution in [2.45, 2.75) is 19.9 Å². The highest BCUT2D eigenvalue weighted by Crippen LogP contribution is 2.22. The molecule has 0 atom stereocenters. The molecule has 0 aliphatic carbocycles. The second-order valence-corrected chi connectivity index (χ2v) is 3.68. The van der Waals surface area contributed by atoms with Crippen LogP contribution in [0.3, 0.4) is 0 Å². The third-order valence-electron chi connectivity index (χ3n) is 2.26. The zero-order chi connectivity index (χ0) is 12.5. The fourth-order valence-electron chi connectivity index (χ4n) is 1.41. The summed E-state index contributed by atoms with van der Waals surface area (Å²) in [5.74, 6) is 1.53. The fraction of sp³-hybridized carbons (Fsp3) is 0.538. The van der Waals surface area contributed by atoms with E-state index in [1.165, 1.54) is 0 Å². The second kappa shape index (κ2) is 7.92. The van der Waals surface area contributed by atoms with Crippen LogP contribution in [0.2, 0.25) is 0 Å². The monoisotopic (exact) mass is 239 g/mol. The van der Waals surface area contributed by atoms with Crippen molar-refractivity contribution in [1.82, 2.24) is 0 Å². The van der Waals surface area contributed by atoms with Gasteiger partial charge in [-0.2, -0.15) is 0 Å². The molecule has 0 spiro atoms. The summed E-state index contributed by atoms with van der Waals surface area (Å²) >= 11 is 0. The lowest BCUT2D eigenvalue weighted by molar-refractivity contribution is 0.100. The molecule has 0 amide bonds. The van der Waals surface area contributed by atoms with Crippen LogP contribution in [0.4, 0.5) is 0 Å². The molecule has 0 radical (unpaired) electrons. The van der Waals surface area contributed by atoms with Gasteiger partial charge in [-0.25, -0.2) is 0 Å². The van der Waals surface area contributed by atoms with Gasteiger partial charge in [0.05, 0.1) is 13.7 Å². The fourth-order valence-corrected chi connectivity index (χ4v) is 1.41. The third-order valence-corrected chi connectivity index (χ3v) is 2.26. The number of hydrogen-bond acceptors (Lipinski definition) is 4. The summed E-state index contributed by atoms with van der Waals surface area (Å²) in [4.78, 5) is 0. The summed E-state index contributed by atoms with van der Waals surface area (Å²) in [5, 5.41) is 0. The van der Waals surface area contributed by atoms with Crippen molar-refractivity contribution >= 4 is 0 Å². The van der Waals surface area contributed by atoms with Crippen LogP contribution in [0.5, 0.6) is 11.5 Å². The molecule has 0 saturated heterocycles. The van der Waals surface area contributed by atoms with Gasteiger partial charge in [0.2, 0.25) is 0 Å². The largest absolute Gasteiger partial charge is 0.497 e. The van der Waals surface area contributed by atoms with E-state index >= 15 is 0 Å². The smallest absolute Gasteiger partial charge is 0.123 e. The lowest BCUT2D eigenvalue weighted by Crippen LogP contribution is -2.07. The van der Waals surface area contributed by atoms with Gasteiger partial charge in [-0.15, -0.1) is 0 Å². The molecule has 0 bridgehead atoms. The van der Waals surface area contributed by atoms with Crippen molar-refractivity contribution in [3.63, 3.8) is 0 Å². The van der Waals surface area contributed by atoms with Crippen LogP contribution in [-0.2, 0) is 11.3 Å². The summed E-state index contributed by atoms with van der Waals surface area (Å²) in [7, 11) is 1.63. The van der Waals surface area contributed by atoms with Crippen molar-refractivity contribution in [3.05, 3.63) is 23.8 Å². The van der Waals surface area contributed by atoms with Gasteiger partial charge in [0, 0.05) is 19.2 Å². The Bertz CT molecular complexity index is 306. The number of rotatable bonds is 8. The molecule has 0 unspecified atom stereocenters. The Hall–Kier alpha value is -1.26. The van der Waals surface area contributed by atoms with Crippen molar-refractivity contribution in [2.24, 2.45) is 5.73 Å². The maximum atomic E-state index is 5.60. The first-order valence-electron chi connectivity index (χ1n) is 5.88. The Kier molecular flexibility index (Phi) is 6.43. The summed E-state index contributed by atoms with van der Waals surface area (Å²) in [6.07, 6.45) is 1.02. The normalized spacial score (nSPS) is 10.3. The molecule has 0 aromatic heterocycles. The van der Waals surface area contributed by atoms with E-state index in [4.69, 9.17) is 19.9 Å². The topological polar surface area (TPSA) is 53.7 Å². The third kappa shape index (κ3) is 5.06. The maximum Gasteiger partial charge on any atom is 0.123 e. The van der Waals surface area contributed by atoms with Crippen molar-refractivity contribution < 1.29 is 14.2 Å². The Morgan fingerprint density at radius 3 is 2.47 bits per heavy atom. The van der Waals surface area contributed by atoms with Gasteiger partial charge >= 0.3 is 0 Å². The minimum absolute atomic E-state index is 0.472. The van der Waals surface area contributed by atoms with Gasteiger partial charge in [0.1, 0.15) is 18.1 Å². The van der Waals surface area contributed by atoms with E-state index < -0.39 is 0 Å². The lowest BCUT2D eigenvalue weighted by atomic mass is 10.2. The van der Waals surface area contributed by atoms with Gasteiger partial charge in [-0.1, -0.05) is 6.92 Å². The number of nitrogens with two attached hydrogens (primary N) is 1. The average molecular weight is 239 g/mol. The Balaban J connectivity index is 2.46. The first kappa shape index (κ1) is 13.8. The SMILES string of the molecule is CCCOCCOc1cc(CN)cc(OC)c1. The summed E-state index contributed by atoms with van der Waals surface area (Å²) in [6, 6.07) is 5.67. The number of ether oxygens (including phenoxy) is 3. The number of benzene rings is 1. The first-order chi connectivity index (χ1) is 8.30. The molecule has 0 heterocycles. The zero-order valence-corrected chi connectivity index (χ0v) is 10.6. The molecule has 0 aliphatic rings. The van der Waals surface area contributed by atoms with E-state index in [1.807, 2.05) is 18.2 Å². The van der Waals surface area contributed by atoms with Gasteiger partial charge in [0.25, 0.3) is 0 Å². The molecule has 1 aromatic rings. The summed E-state index contributed by atoms with van der Waals surface area (Å²) in [6.45, 7) is 4.46. The van der Waals surface area contributed by atoms with Gasteiger partial charge in [-0.3, -0.25) is 0 Å². The number of hydrogen-bond donors (Lipinski definition) is 1. The molecular formula is C13H21NO3. The molecule has 2 N–H and O–H groups in total. The molecule has 4 heteroatoms. The van der Waals surface area contributed by atoms with Crippen molar-refractivity contribution in [3.8, 4) is 11.5 Å². The van der Waals surface area contributed by atoms with Crippen LogP contribution in [-0.4, -0.2) is 26.9 Å². The first-order valence-corrected chi connectivity index (χ1v) is 5.88. The van der Waals surface area contributed by atoms with Crippen LogP contribution >= 0.6 is 0 Å². The standard InChI is InChI=1S/C13H21NO3/c1-3-4-16-5-6-17-13-8-11(10-14)7-12(9-13)15-2/h7-9H,3-6,10,14H2,1-2H3. The molecule has 0 aliphatic heterocycles. The van der Waals surface area contributed by atoms with Gasteiger partial charge in [0.15, 0.2) is 0 Å². The molecule has 4 nitrogen and oxygen atoms in total. The van der Waals surface area contributed by atoms with Crippen LogP contribution in [0.15, 0.2) is 18.2 Å². The Morgan fingerprint density at radius 1 is 1.06 bits per heavy atom. The lowest BCUT2D eigenvalue weighted by Gasteiger charge is -2.10. The molecule has 0 saturated carbocycles. The van der Waals surface area contributed by atoms with E-state index in [1.54, 1.807) is 7.11 Å². The Labute approximate surface area is 103 Å². The molecule has 1 aromatic carbocycles. The molecule has 96 valence electrons. The highest BCUT2D eigenvalue weighted by atomic mass is 16.5. The summed E-state index contributed by atoms with van der Waals surface area (Å²) in [5.41, 5.74) is 6.60. The zero-order valence-electron chi connectivity index (χ0n) is 10.6. The van der Waals surface area contributed by atoms with Crippen molar-refractivity contribution in [2.75, 3.05) is 26.9 Å². The minimum Gasteiger partial charge on any atom is -0.497 e. The quantitative estimate of drug-likeness (QED) is 0.705. The van der Waals surface area contributed by atoms with Crippen LogP contribution < -0.4 is 15.2 Å². The van der Waals surface area contributed by atoms with E-state index in [2.05, 4.69) is 6.92 Å². The van der Waals surface area contributed by atoms with Gasteiger partial charge in [-0.05, 0) is 24.1 Å². The molecule has 17 heavy (non-hydrogen) atoms. The summed E-state index contributed by atoms with van der Waals surface area (Å²) < 4.78 is 16.1. The minimum atomic E-state index is 0.472. The second-order valence-electron chi connectivity index (χ2n) is 3.68. The van der Waals surface area contributed by atoms with E-state index in [9.17, 15) is 0 Å². The van der Waals surface area contributed by atoms with Crippen LogP contribution in [0.1, 0.15) is 18.9 Å². The van der Waals surface area contributed by atoms with Crippen LogP contribution in [0.25, 0.3) is 0 Å². The number of methoxy groups -OCH3 is 1. The molecule has 1 rings (SSSR count). The van der Waals surface area contributed by atoms with Crippen molar-refractivity contribution in [1.29, 1.82) is 0 Å². The predicted octanol–water partition coefficient (Wildman–Crippen LogP) is 1.96. The molecule has 0 fully saturated rings. The average Bonchev–Trinajstić information content (AvgIpc) is 2.38.